The number of nitrogens with one attached hydrogen (secondary N) is 2. The zero-order valence-electron chi connectivity index (χ0n) is 15.9. The van der Waals surface area contributed by atoms with Crippen molar-refractivity contribution in [2.45, 2.75) is 32.4 Å². The predicted molar refractivity (Wildman–Crippen MR) is 104 cm³/mol. The van der Waals surface area contributed by atoms with Gasteiger partial charge in [0.25, 0.3) is 5.91 Å². The van der Waals surface area contributed by atoms with E-state index < -0.39 is 0 Å². The van der Waals surface area contributed by atoms with E-state index in [1.54, 1.807) is 10.7 Å². The molecule has 2 aliphatic heterocycles. The molecular weight excluding hydrogens is 356 g/mol. The molecule has 0 bridgehead atoms. The van der Waals surface area contributed by atoms with Crippen molar-refractivity contribution in [1.82, 2.24) is 15.1 Å². The first kappa shape index (κ1) is 17.4. The molecule has 28 heavy (non-hydrogen) atoms. The lowest BCUT2D eigenvalue weighted by Gasteiger charge is -2.12. The summed E-state index contributed by atoms with van der Waals surface area (Å²) in [5.74, 6) is 0.651. The van der Waals surface area contributed by atoms with Crippen molar-refractivity contribution >= 4 is 17.4 Å². The summed E-state index contributed by atoms with van der Waals surface area (Å²) in [6.07, 6.45) is 1.33. The highest BCUT2D eigenvalue weighted by Gasteiger charge is 2.55. The molecule has 1 aromatic carbocycles. The molecule has 2 aromatic rings. The van der Waals surface area contributed by atoms with E-state index in [4.69, 9.17) is 4.74 Å². The Balaban J connectivity index is 1.43. The Hall–Kier alpha value is -2.67. The fourth-order valence-electron chi connectivity index (χ4n) is 4.44. The van der Waals surface area contributed by atoms with Crippen molar-refractivity contribution in [3.8, 4) is 0 Å². The molecule has 2 fully saturated rings. The van der Waals surface area contributed by atoms with Crippen LogP contribution in [0.15, 0.2) is 24.3 Å². The highest BCUT2D eigenvalue weighted by molar-refractivity contribution is 5.99. The highest BCUT2D eigenvalue weighted by atomic mass is 16.5. The third-order valence-electron chi connectivity index (χ3n) is 6.15. The van der Waals surface area contributed by atoms with E-state index in [1.807, 2.05) is 13.0 Å². The van der Waals surface area contributed by atoms with Gasteiger partial charge in [-0.3, -0.25) is 14.3 Å². The third-order valence-corrected chi connectivity index (χ3v) is 6.15. The summed E-state index contributed by atoms with van der Waals surface area (Å²) in [5, 5.41) is 11.0. The molecule has 1 aromatic heterocycles. The second-order valence-electron chi connectivity index (χ2n) is 7.83. The average Bonchev–Trinajstić information content (AvgIpc) is 3.22. The minimum atomic E-state index is -0.159. The number of ether oxygens (including phenoxy) is 1. The van der Waals surface area contributed by atoms with E-state index >= 15 is 0 Å². The van der Waals surface area contributed by atoms with E-state index in [2.05, 4.69) is 27.9 Å². The van der Waals surface area contributed by atoms with E-state index in [1.165, 1.54) is 5.56 Å². The normalized spacial score (nSPS) is 24.4. The molecule has 146 valence electrons. The average molecular weight is 380 g/mol. The Morgan fingerprint density at radius 3 is 2.93 bits per heavy atom. The summed E-state index contributed by atoms with van der Waals surface area (Å²) < 4.78 is 7.08. The van der Waals surface area contributed by atoms with Crippen LogP contribution in [0.25, 0.3) is 0 Å². The van der Waals surface area contributed by atoms with Gasteiger partial charge in [-0.05, 0) is 23.6 Å². The number of carbonyl (C=O) groups is 2. The topological polar surface area (TPSA) is 85.2 Å². The number of benzene rings is 1. The van der Waals surface area contributed by atoms with E-state index in [-0.39, 0.29) is 17.7 Å². The molecular formula is C21H24N4O3. The number of rotatable bonds is 6. The molecule has 1 aliphatic carbocycles. The zero-order chi connectivity index (χ0) is 19.3. The van der Waals surface area contributed by atoms with Gasteiger partial charge in [0, 0.05) is 42.6 Å². The molecule has 3 aliphatic rings. The fourth-order valence-corrected chi connectivity index (χ4v) is 4.44. The maximum atomic E-state index is 13.0. The first-order chi connectivity index (χ1) is 13.7. The van der Waals surface area contributed by atoms with Crippen molar-refractivity contribution in [2.75, 3.05) is 25.1 Å². The molecule has 3 heterocycles. The van der Waals surface area contributed by atoms with Gasteiger partial charge < -0.3 is 15.4 Å². The van der Waals surface area contributed by atoms with Crippen LogP contribution in [0.3, 0.4) is 0 Å². The second-order valence-corrected chi connectivity index (χ2v) is 7.83. The van der Waals surface area contributed by atoms with Gasteiger partial charge in [0.1, 0.15) is 11.4 Å². The summed E-state index contributed by atoms with van der Waals surface area (Å²) in [4.78, 5) is 25.2. The second kappa shape index (κ2) is 6.74. The predicted octanol–water partition coefficient (Wildman–Crippen LogP) is 1.87. The summed E-state index contributed by atoms with van der Waals surface area (Å²) in [6.45, 7) is 4.65. The SMILES string of the molecule is CCC(=O)c1cc(C(=O)NC2[C@H]3COC[C@@H]23)n(Cc2cccc3c2CCN3)n1. The molecule has 1 saturated carbocycles. The van der Waals surface area contributed by atoms with Crippen LogP contribution in [0.2, 0.25) is 0 Å². The number of hydrogen-bond donors (Lipinski definition) is 2. The number of carbonyl (C=O) groups excluding carboxylic acids is 2. The maximum Gasteiger partial charge on any atom is 0.269 e. The lowest BCUT2D eigenvalue weighted by Crippen LogP contribution is -2.31. The van der Waals surface area contributed by atoms with Crippen LogP contribution in [-0.4, -0.2) is 47.3 Å². The van der Waals surface area contributed by atoms with Gasteiger partial charge in [-0.15, -0.1) is 0 Å². The number of hydrogen-bond acceptors (Lipinski definition) is 5. The number of nitrogens with zero attached hydrogens (tertiary/aromatic N) is 2. The molecule has 7 nitrogen and oxygen atoms in total. The molecule has 3 atom stereocenters. The number of anilines is 1. The minimum Gasteiger partial charge on any atom is -0.384 e. The largest absolute Gasteiger partial charge is 0.384 e. The summed E-state index contributed by atoms with van der Waals surface area (Å²) in [5.41, 5.74) is 4.35. The fraction of sp³-hybridized carbons (Fsp3) is 0.476. The molecule has 0 radical (unpaired) electrons. The van der Waals surface area contributed by atoms with Crippen LogP contribution >= 0.6 is 0 Å². The Bertz CT molecular complexity index is 941. The minimum absolute atomic E-state index is 0.0514. The van der Waals surface area contributed by atoms with Gasteiger partial charge in [0.2, 0.25) is 0 Å². The molecule has 2 N–H and O–H groups in total. The highest BCUT2D eigenvalue weighted by Crippen LogP contribution is 2.44. The Morgan fingerprint density at radius 1 is 1.32 bits per heavy atom. The quantitative estimate of drug-likeness (QED) is 0.748. The molecule has 1 amide bonds. The van der Waals surface area contributed by atoms with Crippen LogP contribution in [0.1, 0.15) is 45.4 Å². The number of amides is 1. The molecule has 0 spiro atoms. The molecule has 5 rings (SSSR count). The van der Waals surface area contributed by atoms with Crippen molar-refractivity contribution in [1.29, 1.82) is 0 Å². The third kappa shape index (κ3) is 2.90. The first-order valence-electron chi connectivity index (χ1n) is 10.00. The number of ketones is 1. The van der Waals surface area contributed by atoms with Gasteiger partial charge in [-0.1, -0.05) is 19.1 Å². The Labute approximate surface area is 163 Å². The Morgan fingerprint density at radius 2 is 2.14 bits per heavy atom. The van der Waals surface area contributed by atoms with Crippen LogP contribution in [-0.2, 0) is 17.7 Å². The van der Waals surface area contributed by atoms with Gasteiger partial charge >= 0.3 is 0 Å². The van der Waals surface area contributed by atoms with Crippen LogP contribution < -0.4 is 10.6 Å². The number of fused-ring (bicyclic) bond motifs is 2. The lowest BCUT2D eigenvalue weighted by atomic mass is 10.1. The Kier molecular flexibility index (Phi) is 4.19. The van der Waals surface area contributed by atoms with E-state index in [0.717, 1.165) is 37.4 Å². The van der Waals surface area contributed by atoms with Crippen LogP contribution in [0.4, 0.5) is 5.69 Å². The molecule has 7 heteroatoms. The lowest BCUT2D eigenvalue weighted by molar-refractivity contribution is 0.0917. The standard InChI is InChI=1S/C21H24N4O3/c1-2-19(26)17-8-18(21(27)23-20-14-10-28-11-15(14)20)25(24-17)9-12-4-3-5-16-13(12)6-7-22-16/h3-5,8,14-15,20,22H,2,6-7,9-11H2,1H3,(H,23,27)/t14-,15+,20?. The van der Waals surface area contributed by atoms with Gasteiger partial charge in [0.15, 0.2) is 5.78 Å². The summed E-state index contributed by atoms with van der Waals surface area (Å²) in [6, 6.07) is 7.97. The van der Waals surface area contributed by atoms with Gasteiger partial charge in [-0.25, -0.2) is 0 Å². The smallest absolute Gasteiger partial charge is 0.269 e. The van der Waals surface area contributed by atoms with Crippen molar-refractivity contribution < 1.29 is 14.3 Å². The number of Topliss-reactive ketones (excluding diaryl/α,β-unsaturated/α-hetero) is 1. The summed E-state index contributed by atoms with van der Waals surface area (Å²) in [7, 11) is 0. The van der Waals surface area contributed by atoms with Crippen LogP contribution in [0.5, 0.6) is 0 Å². The van der Waals surface area contributed by atoms with Crippen LogP contribution in [0, 0.1) is 11.8 Å². The monoisotopic (exact) mass is 380 g/mol. The van der Waals surface area contributed by atoms with Crippen molar-refractivity contribution in [3.63, 3.8) is 0 Å². The van der Waals surface area contributed by atoms with Crippen molar-refractivity contribution in [2.24, 2.45) is 11.8 Å². The van der Waals surface area contributed by atoms with Gasteiger partial charge in [-0.2, -0.15) is 5.10 Å². The molecule has 1 saturated heterocycles. The number of aromatic nitrogens is 2. The molecule has 1 unspecified atom stereocenters. The first-order valence-corrected chi connectivity index (χ1v) is 10.00. The van der Waals surface area contributed by atoms with E-state index in [0.29, 0.717) is 36.2 Å². The maximum absolute atomic E-state index is 13.0. The van der Waals surface area contributed by atoms with Crippen molar-refractivity contribution in [3.05, 3.63) is 46.8 Å². The zero-order valence-corrected chi connectivity index (χ0v) is 15.9. The van der Waals surface area contributed by atoms with E-state index in [9.17, 15) is 9.59 Å². The summed E-state index contributed by atoms with van der Waals surface area (Å²) >= 11 is 0. The van der Waals surface area contributed by atoms with Gasteiger partial charge in [0.05, 0.1) is 19.8 Å².